The predicted molar refractivity (Wildman–Crippen MR) is 42.4 cm³/mol. The Bertz CT molecular complexity index is 388. The van der Waals surface area contributed by atoms with Gasteiger partial charge in [0.2, 0.25) is 0 Å². The molecule has 0 saturated carbocycles. The zero-order valence-electron chi connectivity index (χ0n) is 7.27. The molecule has 0 amide bonds. The van der Waals surface area contributed by atoms with E-state index in [1.807, 2.05) is 0 Å². The molecular weight excluding hydrogens is 197 g/mol. The van der Waals surface area contributed by atoms with E-state index in [2.05, 4.69) is 0 Å². The van der Waals surface area contributed by atoms with Crippen LogP contribution in [0.3, 0.4) is 0 Å². The van der Waals surface area contributed by atoms with E-state index in [0.717, 1.165) is 6.07 Å². The smallest absolute Gasteiger partial charge is 0.308 e. The summed E-state index contributed by atoms with van der Waals surface area (Å²) in [5, 5.41) is 8.32. The Morgan fingerprint density at radius 2 is 1.93 bits per heavy atom. The van der Waals surface area contributed by atoms with Crippen molar-refractivity contribution in [2.75, 3.05) is 0 Å². The molecule has 0 fully saturated rings. The maximum absolute atomic E-state index is 13.0. The first-order valence-corrected chi connectivity index (χ1v) is 3.78. The second-order valence-corrected chi connectivity index (χ2v) is 2.85. The van der Waals surface area contributed by atoms with E-state index in [-0.39, 0.29) is 5.56 Å². The highest BCUT2D eigenvalue weighted by molar-refractivity contribution is 5.70. The molecule has 2 nitrogen and oxygen atoms in total. The van der Waals surface area contributed by atoms with Gasteiger partial charge in [0.15, 0.2) is 11.6 Å². The van der Waals surface area contributed by atoms with E-state index >= 15 is 0 Å². The molecule has 0 aliphatic heterocycles. The molecule has 0 bridgehead atoms. The number of benzene rings is 1. The number of halogens is 3. The largest absolute Gasteiger partial charge is 0.481 e. The Kier molecular flexibility index (Phi) is 2.78. The van der Waals surface area contributed by atoms with Crippen molar-refractivity contribution in [3.05, 3.63) is 34.6 Å². The molecule has 0 aliphatic rings. The van der Waals surface area contributed by atoms with Gasteiger partial charge in [-0.1, -0.05) is 0 Å². The first kappa shape index (κ1) is 10.6. The lowest BCUT2D eigenvalue weighted by atomic mass is 10.1. The van der Waals surface area contributed by atoms with Crippen molar-refractivity contribution in [1.29, 1.82) is 0 Å². The third-order valence-corrected chi connectivity index (χ3v) is 1.76. The quantitative estimate of drug-likeness (QED) is 0.748. The van der Waals surface area contributed by atoms with Crippen LogP contribution < -0.4 is 0 Å². The number of hydrogen-bond donors (Lipinski definition) is 1. The number of rotatable bonds is 2. The van der Waals surface area contributed by atoms with Crippen LogP contribution in [0.4, 0.5) is 13.2 Å². The molecule has 1 aromatic carbocycles. The number of aliphatic carboxylic acids is 1. The maximum atomic E-state index is 13.0. The highest BCUT2D eigenvalue weighted by Gasteiger charge is 2.18. The van der Waals surface area contributed by atoms with Crippen LogP contribution >= 0.6 is 0 Å². The summed E-state index contributed by atoms with van der Waals surface area (Å²) in [6.45, 7) is 1.20. The summed E-state index contributed by atoms with van der Waals surface area (Å²) >= 11 is 0. The van der Waals surface area contributed by atoms with Crippen molar-refractivity contribution in [3.63, 3.8) is 0 Å². The van der Waals surface area contributed by atoms with E-state index in [1.54, 1.807) is 0 Å². The average molecular weight is 204 g/mol. The van der Waals surface area contributed by atoms with Gasteiger partial charge in [-0.3, -0.25) is 4.79 Å². The lowest BCUT2D eigenvalue weighted by Crippen LogP contribution is -2.08. The number of carboxylic acid groups (broad SMARTS) is 1. The molecule has 0 atom stereocenters. The molecule has 14 heavy (non-hydrogen) atoms. The molecule has 0 aliphatic carbocycles. The minimum Gasteiger partial charge on any atom is -0.481 e. The Morgan fingerprint density at radius 1 is 1.36 bits per heavy atom. The Morgan fingerprint density at radius 3 is 2.43 bits per heavy atom. The second kappa shape index (κ2) is 3.69. The molecule has 0 aromatic heterocycles. The van der Waals surface area contributed by atoms with Crippen LogP contribution in [-0.2, 0) is 11.2 Å². The minimum absolute atomic E-state index is 0.186. The lowest BCUT2D eigenvalue weighted by Gasteiger charge is -2.05. The number of carboxylic acids is 1. The highest BCUT2D eigenvalue weighted by atomic mass is 19.2. The summed E-state index contributed by atoms with van der Waals surface area (Å²) in [4.78, 5) is 10.2. The van der Waals surface area contributed by atoms with Gasteiger partial charge in [-0.05, 0) is 18.6 Å². The molecule has 76 valence electrons. The lowest BCUT2D eigenvalue weighted by molar-refractivity contribution is -0.136. The zero-order chi connectivity index (χ0) is 10.9. The SMILES string of the molecule is Cc1cc(F)c(CC(=O)O)c(F)c1F. The van der Waals surface area contributed by atoms with Gasteiger partial charge in [0.1, 0.15) is 5.82 Å². The second-order valence-electron chi connectivity index (χ2n) is 2.85. The van der Waals surface area contributed by atoms with E-state index < -0.39 is 35.4 Å². The monoisotopic (exact) mass is 204 g/mol. The van der Waals surface area contributed by atoms with Gasteiger partial charge in [-0.25, -0.2) is 13.2 Å². The first-order valence-electron chi connectivity index (χ1n) is 3.78. The normalized spacial score (nSPS) is 10.3. The van der Waals surface area contributed by atoms with Crippen molar-refractivity contribution in [2.45, 2.75) is 13.3 Å². The van der Waals surface area contributed by atoms with Crippen LogP contribution in [0.5, 0.6) is 0 Å². The van der Waals surface area contributed by atoms with Crippen molar-refractivity contribution in [2.24, 2.45) is 0 Å². The maximum Gasteiger partial charge on any atom is 0.308 e. The zero-order valence-corrected chi connectivity index (χ0v) is 7.27. The van der Waals surface area contributed by atoms with E-state index in [9.17, 15) is 18.0 Å². The van der Waals surface area contributed by atoms with E-state index in [1.165, 1.54) is 6.92 Å². The van der Waals surface area contributed by atoms with Gasteiger partial charge in [0.25, 0.3) is 0 Å². The van der Waals surface area contributed by atoms with E-state index in [4.69, 9.17) is 5.11 Å². The summed E-state index contributed by atoms with van der Waals surface area (Å²) in [6.07, 6.45) is -0.866. The fourth-order valence-corrected chi connectivity index (χ4v) is 1.06. The van der Waals surface area contributed by atoms with Gasteiger partial charge in [-0.15, -0.1) is 0 Å². The van der Waals surface area contributed by atoms with Crippen LogP contribution in [0, 0.1) is 24.4 Å². The van der Waals surface area contributed by atoms with Crippen LogP contribution in [0.2, 0.25) is 0 Å². The fourth-order valence-electron chi connectivity index (χ4n) is 1.06. The summed E-state index contributed by atoms with van der Waals surface area (Å²) in [5.74, 6) is -5.08. The molecule has 0 unspecified atom stereocenters. The van der Waals surface area contributed by atoms with Gasteiger partial charge < -0.3 is 5.11 Å². The molecular formula is C9H7F3O2. The molecule has 0 saturated heterocycles. The van der Waals surface area contributed by atoms with Crippen molar-refractivity contribution >= 4 is 5.97 Å². The summed E-state index contributed by atoms with van der Waals surface area (Å²) < 4.78 is 38.9. The molecule has 5 heteroatoms. The fraction of sp³-hybridized carbons (Fsp3) is 0.222. The van der Waals surface area contributed by atoms with Gasteiger partial charge in [0, 0.05) is 5.56 Å². The van der Waals surface area contributed by atoms with Gasteiger partial charge >= 0.3 is 5.97 Å². The Balaban J connectivity index is 3.29. The molecule has 1 rings (SSSR count). The summed E-state index contributed by atoms with van der Waals surface area (Å²) in [5.41, 5.74) is -0.935. The molecule has 1 N–H and O–H groups in total. The summed E-state index contributed by atoms with van der Waals surface area (Å²) in [7, 11) is 0. The highest BCUT2D eigenvalue weighted by Crippen LogP contribution is 2.19. The summed E-state index contributed by atoms with van der Waals surface area (Å²) in [6, 6.07) is 0.774. The van der Waals surface area contributed by atoms with E-state index in [0.29, 0.717) is 0 Å². The van der Waals surface area contributed by atoms with Crippen molar-refractivity contribution in [1.82, 2.24) is 0 Å². The van der Waals surface area contributed by atoms with Crippen LogP contribution in [0.15, 0.2) is 6.07 Å². The minimum atomic E-state index is -1.43. The number of hydrogen-bond acceptors (Lipinski definition) is 1. The van der Waals surface area contributed by atoms with Crippen molar-refractivity contribution in [3.8, 4) is 0 Å². The van der Waals surface area contributed by atoms with Gasteiger partial charge in [-0.2, -0.15) is 0 Å². The van der Waals surface area contributed by atoms with Crippen LogP contribution in [0.25, 0.3) is 0 Å². The third kappa shape index (κ3) is 1.86. The Hall–Kier alpha value is -1.52. The standard InChI is InChI=1S/C9H7F3O2/c1-4-2-6(10)5(3-7(13)14)9(12)8(4)11/h2H,3H2,1H3,(H,13,14). The number of aryl methyl sites for hydroxylation is 1. The molecule has 0 spiro atoms. The first-order chi connectivity index (χ1) is 6.43. The molecule has 1 aromatic rings. The third-order valence-electron chi connectivity index (χ3n) is 1.76. The molecule has 0 radical (unpaired) electrons. The molecule has 0 heterocycles. The van der Waals surface area contributed by atoms with Crippen molar-refractivity contribution < 1.29 is 23.1 Å². The predicted octanol–water partition coefficient (Wildman–Crippen LogP) is 2.04. The van der Waals surface area contributed by atoms with Crippen LogP contribution in [0.1, 0.15) is 11.1 Å². The van der Waals surface area contributed by atoms with Gasteiger partial charge in [0.05, 0.1) is 6.42 Å². The average Bonchev–Trinajstić information content (AvgIpc) is 2.09. The van der Waals surface area contributed by atoms with Crippen LogP contribution in [-0.4, -0.2) is 11.1 Å². The Labute approximate surface area is 78.0 Å². The number of carbonyl (C=O) groups is 1. The topological polar surface area (TPSA) is 37.3 Å².